The fourth-order valence-corrected chi connectivity index (χ4v) is 4.77. The monoisotopic (exact) mass is 403 g/mol. The van der Waals surface area contributed by atoms with Crippen molar-refractivity contribution in [3.63, 3.8) is 0 Å². The van der Waals surface area contributed by atoms with Crippen molar-refractivity contribution in [3.8, 4) is 0 Å². The Morgan fingerprint density at radius 2 is 1.62 bits per heavy atom. The number of hydrogen-bond donors (Lipinski definition) is 1. The maximum absolute atomic E-state index is 12.4. The average molecular weight is 404 g/mol. The molecule has 1 saturated heterocycles. The molecule has 1 fully saturated rings. The highest BCUT2D eigenvalue weighted by molar-refractivity contribution is 7.89. The first-order valence-electron chi connectivity index (χ1n) is 8.90. The molecule has 0 bridgehead atoms. The van der Waals surface area contributed by atoms with Gasteiger partial charge in [-0.05, 0) is 30.0 Å². The minimum atomic E-state index is -3.53. The summed E-state index contributed by atoms with van der Waals surface area (Å²) in [6.45, 7) is 7.19. The first-order chi connectivity index (χ1) is 12.1. The second-order valence-corrected chi connectivity index (χ2v) is 10.5. The van der Waals surface area contributed by atoms with Gasteiger partial charge in [0.05, 0.1) is 11.2 Å². The lowest BCUT2D eigenvalue weighted by molar-refractivity contribution is 0.192. The van der Waals surface area contributed by atoms with Gasteiger partial charge in [0.2, 0.25) is 20.0 Å². The number of hydrogen-bond acceptors (Lipinski definition) is 5. The standard InChI is InChI=1S/C17H29N3O4S2/c1-4-15(2)16-5-7-17(8-6-16)26(23,24)18-9-10-19-11-13-20(14-12-19)25(3,21)22/h5-8,15,18H,4,9-14H2,1-3H3/t15-/m1/s1. The zero-order valence-corrected chi connectivity index (χ0v) is 17.3. The second kappa shape index (κ2) is 8.79. The summed E-state index contributed by atoms with van der Waals surface area (Å²) in [6.07, 6.45) is 2.22. The van der Waals surface area contributed by atoms with Crippen molar-refractivity contribution in [2.24, 2.45) is 0 Å². The van der Waals surface area contributed by atoms with Gasteiger partial charge in [-0.2, -0.15) is 4.31 Å². The average Bonchev–Trinajstić information content (AvgIpc) is 2.60. The van der Waals surface area contributed by atoms with Gasteiger partial charge in [0.25, 0.3) is 0 Å². The van der Waals surface area contributed by atoms with Gasteiger partial charge >= 0.3 is 0 Å². The third-order valence-corrected chi connectivity index (χ3v) is 7.67. The quantitative estimate of drug-likeness (QED) is 0.701. The van der Waals surface area contributed by atoms with E-state index in [0.717, 1.165) is 12.0 Å². The van der Waals surface area contributed by atoms with Crippen LogP contribution in [0.1, 0.15) is 31.7 Å². The summed E-state index contributed by atoms with van der Waals surface area (Å²) in [5, 5.41) is 0. The van der Waals surface area contributed by atoms with Crippen LogP contribution in [0.2, 0.25) is 0 Å². The molecule has 9 heteroatoms. The van der Waals surface area contributed by atoms with Crippen LogP contribution in [-0.2, 0) is 20.0 Å². The largest absolute Gasteiger partial charge is 0.299 e. The summed E-state index contributed by atoms with van der Waals surface area (Å²) in [4.78, 5) is 2.34. The van der Waals surface area contributed by atoms with E-state index in [4.69, 9.17) is 0 Å². The Morgan fingerprint density at radius 1 is 1.04 bits per heavy atom. The Kier molecular flexibility index (Phi) is 7.20. The van der Waals surface area contributed by atoms with Gasteiger partial charge in [-0.15, -0.1) is 0 Å². The Hall–Kier alpha value is -1.00. The van der Waals surface area contributed by atoms with Crippen molar-refractivity contribution in [2.75, 3.05) is 45.5 Å². The minimum Gasteiger partial charge on any atom is -0.299 e. The third kappa shape index (κ3) is 5.75. The molecule has 0 spiro atoms. The van der Waals surface area contributed by atoms with Crippen molar-refractivity contribution < 1.29 is 16.8 Å². The predicted octanol–water partition coefficient (Wildman–Crippen LogP) is 1.06. The molecular weight excluding hydrogens is 374 g/mol. The Bertz CT molecular complexity index is 784. The fraction of sp³-hybridized carbons (Fsp3) is 0.647. The highest BCUT2D eigenvalue weighted by Gasteiger charge is 2.23. The number of nitrogens with one attached hydrogen (secondary N) is 1. The van der Waals surface area contributed by atoms with Gasteiger partial charge < -0.3 is 0 Å². The van der Waals surface area contributed by atoms with E-state index in [9.17, 15) is 16.8 Å². The normalized spacial score (nSPS) is 18.7. The van der Waals surface area contributed by atoms with Crippen LogP contribution in [0.3, 0.4) is 0 Å². The van der Waals surface area contributed by atoms with Crippen LogP contribution in [-0.4, -0.2) is 71.6 Å². The van der Waals surface area contributed by atoms with Crippen LogP contribution in [0.25, 0.3) is 0 Å². The van der Waals surface area contributed by atoms with Crippen LogP contribution in [0.5, 0.6) is 0 Å². The SMILES string of the molecule is CC[C@@H](C)c1ccc(S(=O)(=O)NCCN2CCN(S(C)(=O)=O)CC2)cc1. The molecule has 0 saturated carbocycles. The number of benzene rings is 1. The van der Waals surface area contributed by atoms with E-state index < -0.39 is 20.0 Å². The highest BCUT2D eigenvalue weighted by atomic mass is 32.2. The second-order valence-electron chi connectivity index (χ2n) is 6.78. The topological polar surface area (TPSA) is 86.8 Å². The zero-order valence-electron chi connectivity index (χ0n) is 15.7. The van der Waals surface area contributed by atoms with Crippen molar-refractivity contribution in [3.05, 3.63) is 29.8 Å². The summed E-state index contributed by atoms with van der Waals surface area (Å²) in [5.74, 6) is 0.408. The Morgan fingerprint density at radius 3 is 2.12 bits per heavy atom. The van der Waals surface area contributed by atoms with Crippen LogP contribution < -0.4 is 4.72 Å². The summed E-state index contributed by atoms with van der Waals surface area (Å²) in [5.41, 5.74) is 1.13. The van der Waals surface area contributed by atoms with E-state index >= 15 is 0 Å². The Labute approximate surface area is 157 Å². The van der Waals surface area contributed by atoms with Gasteiger partial charge in [-0.3, -0.25) is 4.90 Å². The van der Waals surface area contributed by atoms with Gasteiger partial charge in [-0.1, -0.05) is 26.0 Å². The first-order valence-corrected chi connectivity index (χ1v) is 12.2. The lowest BCUT2D eigenvalue weighted by atomic mass is 9.99. The van der Waals surface area contributed by atoms with Crippen molar-refractivity contribution in [1.82, 2.24) is 13.9 Å². The van der Waals surface area contributed by atoms with E-state index in [1.807, 2.05) is 12.1 Å². The third-order valence-electron chi connectivity index (χ3n) is 4.89. The van der Waals surface area contributed by atoms with Gasteiger partial charge in [0.15, 0.2) is 0 Å². The molecule has 0 unspecified atom stereocenters. The van der Waals surface area contributed by atoms with Gasteiger partial charge in [0.1, 0.15) is 0 Å². The molecule has 1 aliphatic rings. The highest BCUT2D eigenvalue weighted by Crippen LogP contribution is 2.20. The van der Waals surface area contributed by atoms with Gasteiger partial charge in [0, 0.05) is 39.3 Å². The van der Waals surface area contributed by atoms with Crippen LogP contribution in [0.4, 0.5) is 0 Å². The fourth-order valence-electron chi connectivity index (χ4n) is 2.92. The number of sulfonamides is 2. The van der Waals surface area contributed by atoms with E-state index in [0.29, 0.717) is 45.2 Å². The summed E-state index contributed by atoms with van der Waals surface area (Å²) in [6, 6.07) is 7.03. The van der Waals surface area contributed by atoms with Gasteiger partial charge in [-0.25, -0.2) is 21.6 Å². The summed E-state index contributed by atoms with van der Waals surface area (Å²) < 4.78 is 51.9. The van der Waals surface area contributed by atoms with E-state index in [2.05, 4.69) is 23.5 Å². The van der Waals surface area contributed by atoms with Crippen LogP contribution in [0, 0.1) is 0 Å². The lowest BCUT2D eigenvalue weighted by Crippen LogP contribution is -2.49. The number of rotatable bonds is 8. The maximum atomic E-state index is 12.4. The lowest BCUT2D eigenvalue weighted by Gasteiger charge is -2.33. The number of nitrogens with zero attached hydrogens (tertiary/aromatic N) is 2. The molecule has 1 aromatic rings. The molecule has 2 rings (SSSR count). The number of piperazine rings is 1. The molecule has 1 heterocycles. The van der Waals surface area contributed by atoms with Crippen molar-refractivity contribution in [1.29, 1.82) is 0 Å². The molecule has 0 amide bonds. The molecular formula is C17H29N3O4S2. The molecule has 0 aromatic heterocycles. The Balaban J connectivity index is 1.83. The molecule has 0 aliphatic carbocycles. The van der Waals surface area contributed by atoms with E-state index in [1.54, 1.807) is 12.1 Å². The maximum Gasteiger partial charge on any atom is 0.240 e. The van der Waals surface area contributed by atoms with E-state index in [-0.39, 0.29) is 4.90 Å². The molecule has 0 radical (unpaired) electrons. The van der Waals surface area contributed by atoms with E-state index in [1.165, 1.54) is 10.6 Å². The van der Waals surface area contributed by atoms with Crippen LogP contribution in [0.15, 0.2) is 29.2 Å². The molecule has 26 heavy (non-hydrogen) atoms. The molecule has 1 aliphatic heterocycles. The molecule has 1 atom stereocenters. The van der Waals surface area contributed by atoms with Crippen molar-refractivity contribution in [2.45, 2.75) is 31.1 Å². The smallest absolute Gasteiger partial charge is 0.240 e. The molecule has 1 N–H and O–H groups in total. The minimum absolute atomic E-state index is 0.270. The molecule has 148 valence electrons. The zero-order chi connectivity index (χ0) is 19.4. The predicted molar refractivity (Wildman–Crippen MR) is 103 cm³/mol. The molecule has 1 aromatic carbocycles. The molecule has 7 nitrogen and oxygen atoms in total. The first kappa shape index (κ1) is 21.3. The summed E-state index contributed by atoms with van der Waals surface area (Å²) in [7, 11) is -6.67. The summed E-state index contributed by atoms with van der Waals surface area (Å²) >= 11 is 0. The van der Waals surface area contributed by atoms with Crippen molar-refractivity contribution >= 4 is 20.0 Å². The van der Waals surface area contributed by atoms with Crippen LogP contribution >= 0.6 is 0 Å².